The average Bonchev–Trinajstić information content (AvgIpc) is 2.46. The van der Waals surface area contributed by atoms with Crippen molar-refractivity contribution < 1.29 is 9.84 Å². The second-order valence-corrected chi connectivity index (χ2v) is 5.53. The fourth-order valence-electron chi connectivity index (χ4n) is 1.67. The van der Waals surface area contributed by atoms with Gasteiger partial charge >= 0.3 is 0 Å². The second-order valence-electron chi connectivity index (χ2n) is 4.62. The first kappa shape index (κ1) is 16.9. The first-order valence-electron chi connectivity index (χ1n) is 6.69. The molecule has 0 aliphatic heterocycles. The molecule has 1 atom stereocenters. The first-order chi connectivity index (χ1) is 9.67. The summed E-state index contributed by atoms with van der Waals surface area (Å²) >= 11 is 1.86. The van der Waals surface area contributed by atoms with Crippen LogP contribution in [-0.2, 0) is 0 Å². The van der Waals surface area contributed by atoms with Crippen LogP contribution in [0.25, 0.3) is 0 Å². The molecule has 0 bridgehead atoms. The molecule has 1 rings (SSSR count). The number of rotatable bonds is 7. The molecule has 1 N–H and O–H groups in total. The number of hydrogen-bond donors (Lipinski definition) is 1. The number of hydrogen-bond acceptors (Lipinski definition) is 4. The van der Waals surface area contributed by atoms with Crippen molar-refractivity contribution in [2.24, 2.45) is 0 Å². The number of thioether (sulfide) groups is 1. The van der Waals surface area contributed by atoms with E-state index in [2.05, 4.69) is 37.0 Å². The molecule has 0 aromatic heterocycles. The molecule has 1 unspecified atom stereocenters. The van der Waals surface area contributed by atoms with Gasteiger partial charge in [0, 0.05) is 23.9 Å². The standard InChI is InChI=1S/C16H23NO2S/c1-14(13-20-3)17(2)10-12-19-16-8-6-15(7-9-16)5-4-11-18/h6-9,14,18H,10-13H2,1-3H3. The van der Waals surface area contributed by atoms with E-state index in [9.17, 15) is 0 Å². The molecule has 0 aliphatic carbocycles. The summed E-state index contributed by atoms with van der Waals surface area (Å²) in [5.41, 5.74) is 0.886. The first-order valence-corrected chi connectivity index (χ1v) is 8.08. The maximum Gasteiger partial charge on any atom is 0.119 e. The number of aliphatic hydroxyl groups excluding tert-OH is 1. The van der Waals surface area contributed by atoms with Gasteiger partial charge in [0.1, 0.15) is 19.0 Å². The van der Waals surface area contributed by atoms with Crippen LogP contribution in [0.1, 0.15) is 12.5 Å². The van der Waals surface area contributed by atoms with Gasteiger partial charge in [0.05, 0.1) is 0 Å². The summed E-state index contributed by atoms with van der Waals surface area (Å²) in [6.07, 6.45) is 2.13. The third-order valence-electron chi connectivity index (χ3n) is 3.04. The predicted octanol–water partition coefficient (Wildman–Crippen LogP) is 2.09. The quantitative estimate of drug-likeness (QED) is 0.780. The molecule has 0 radical (unpaired) electrons. The minimum absolute atomic E-state index is 0.112. The van der Waals surface area contributed by atoms with Crippen molar-refractivity contribution in [3.8, 4) is 17.6 Å². The maximum absolute atomic E-state index is 8.63. The number of benzene rings is 1. The van der Waals surface area contributed by atoms with E-state index in [0.29, 0.717) is 12.6 Å². The van der Waals surface area contributed by atoms with Crippen molar-refractivity contribution in [1.29, 1.82) is 0 Å². The molecule has 0 saturated heterocycles. The molecule has 1 aromatic rings. The molecule has 20 heavy (non-hydrogen) atoms. The van der Waals surface area contributed by atoms with Crippen LogP contribution in [0, 0.1) is 11.8 Å². The Balaban J connectivity index is 2.35. The lowest BCUT2D eigenvalue weighted by molar-refractivity contribution is 0.210. The highest BCUT2D eigenvalue weighted by Crippen LogP contribution is 2.11. The van der Waals surface area contributed by atoms with Crippen LogP contribution in [-0.4, -0.2) is 54.9 Å². The Morgan fingerprint density at radius 3 is 2.65 bits per heavy atom. The van der Waals surface area contributed by atoms with Crippen LogP contribution in [0.3, 0.4) is 0 Å². The van der Waals surface area contributed by atoms with E-state index in [0.717, 1.165) is 23.6 Å². The summed E-state index contributed by atoms with van der Waals surface area (Å²) < 4.78 is 5.72. The third-order valence-corrected chi connectivity index (χ3v) is 3.85. The third kappa shape index (κ3) is 6.33. The molecule has 3 nitrogen and oxygen atoms in total. The summed E-state index contributed by atoms with van der Waals surface area (Å²) in [6, 6.07) is 8.18. The molecule has 0 heterocycles. The van der Waals surface area contributed by atoms with Crippen molar-refractivity contribution in [1.82, 2.24) is 4.90 Å². The zero-order valence-electron chi connectivity index (χ0n) is 12.4. The topological polar surface area (TPSA) is 32.7 Å². The van der Waals surface area contributed by atoms with E-state index in [4.69, 9.17) is 9.84 Å². The Bertz CT molecular complexity index is 436. The van der Waals surface area contributed by atoms with Gasteiger partial charge in [-0.25, -0.2) is 0 Å². The Labute approximate surface area is 126 Å². The molecule has 0 fully saturated rings. The van der Waals surface area contributed by atoms with Gasteiger partial charge in [-0.1, -0.05) is 11.8 Å². The van der Waals surface area contributed by atoms with Crippen molar-refractivity contribution in [3.05, 3.63) is 29.8 Å². The molecule has 4 heteroatoms. The lowest BCUT2D eigenvalue weighted by Gasteiger charge is -2.23. The largest absolute Gasteiger partial charge is 0.492 e. The lowest BCUT2D eigenvalue weighted by atomic mass is 10.2. The Hall–Kier alpha value is -1.15. The van der Waals surface area contributed by atoms with Gasteiger partial charge < -0.3 is 9.84 Å². The van der Waals surface area contributed by atoms with E-state index >= 15 is 0 Å². The monoisotopic (exact) mass is 293 g/mol. The van der Waals surface area contributed by atoms with Crippen LogP contribution in [0.4, 0.5) is 0 Å². The van der Waals surface area contributed by atoms with Gasteiger partial charge in [-0.15, -0.1) is 0 Å². The molecular weight excluding hydrogens is 270 g/mol. The van der Waals surface area contributed by atoms with E-state index < -0.39 is 0 Å². The van der Waals surface area contributed by atoms with Gasteiger partial charge in [0.25, 0.3) is 0 Å². The average molecular weight is 293 g/mol. The number of nitrogens with zero attached hydrogens (tertiary/aromatic N) is 1. The molecule has 110 valence electrons. The Kier molecular flexibility index (Phi) is 8.20. The summed E-state index contributed by atoms with van der Waals surface area (Å²) in [5.74, 6) is 7.47. The van der Waals surface area contributed by atoms with Gasteiger partial charge in [0.2, 0.25) is 0 Å². The molecule has 0 aliphatic rings. The Morgan fingerprint density at radius 2 is 2.05 bits per heavy atom. The summed E-state index contributed by atoms with van der Waals surface area (Å²) in [4.78, 5) is 2.30. The highest BCUT2D eigenvalue weighted by Gasteiger charge is 2.07. The van der Waals surface area contributed by atoms with Crippen LogP contribution in [0.2, 0.25) is 0 Å². The minimum Gasteiger partial charge on any atom is -0.492 e. The molecule has 0 amide bonds. The zero-order valence-corrected chi connectivity index (χ0v) is 13.2. The van der Waals surface area contributed by atoms with E-state index in [1.54, 1.807) is 0 Å². The van der Waals surface area contributed by atoms with Gasteiger partial charge in [0.15, 0.2) is 0 Å². The van der Waals surface area contributed by atoms with Crippen LogP contribution in [0.5, 0.6) is 5.75 Å². The van der Waals surface area contributed by atoms with Gasteiger partial charge in [-0.3, -0.25) is 4.90 Å². The Morgan fingerprint density at radius 1 is 1.35 bits per heavy atom. The van der Waals surface area contributed by atoms with Crippen molar-refractivity contribution in [2.45, 2.75) is 13.0 Å². The van der Waals surface area contributed by atoms with Crippen molar-refractivity contribution >= 4 is 11.8 Å². The number of aliphatic hydroxyl groups is 1. The number of ether oxygens (including phenoxy) is 1. The smallest absolute Gasteiger partial charge is 0.119 e. The highest BCUT2D eigenvalue weighted by atomic mass is 32.2. The van der Waals surface area contributed by atoms with E-state index in [1.807, 2.05) is 36.0 Å². The summed E-state index contributed by atoms with van der Waals surface area (Å²) in [7, 11) is 2.12. The molecule has 0 saturated carbocycles. The summed E-state index contributed by atoms with van der Waals surface area (Å²) in [5, 5.41) is 8.63. The van der Waals surface area contributed by atoms with Crippen LogP contribution in [0.15, 0.2) is 24.3 Å². The fourth-order valence-corrected chi connectivity index (χ4v) is 2.41. The second kappa shape index (κ2) is 9.71. The van der Waals surface area contributed by atoms with E-state index in [-0.39, 0.29) is 6.61 Å². The molecule has 0 spiro atoms. The van der Waals surface area contributed by atoms with Crippen LogP contribution >= 0.6 is 11.8 Å². The SMILES string of the molecule is CSCC(C)N(C)CCOc1ccc(C#CCO)cc1. The highest BCUT2D eigenvalue weighted by molar-refractivity contribution is 7.98. The van der Waals surface area contributed by atoms with Gasteiger partial charge in [-0.2, -0.15) is 11.8 Å². The van der Waals surface area contributed by atoms with Gasteiger partial charge in [-0.05, 0) is 44.5 Å². The normalized spacial score (nSPS) is 11.8. The summed E-state index contributed by atoms with van der Waals surface area (Å²) in [6.45, 7) is 3.70. The van der Waals surface area contributed by atoms with Crippen LogP contribution < -0.4 is 4.74 Å². The van der Waals surface area contributed by atoms with Crippen molar-refractivity contribution in [2.75, 3.05) is 38.8 Å². The fraction of sp³-hybridized carbons (Fsp3) is 0.500. The zero-order chi connectivity index (χ0) is 14.8. The predicted molar refractivity (Wildman–Crippen MR) is 86.4 cm³/mol. The van der Waals surface area contributed by atoms with Crippen molar-refractivity contribution in [3.63, 3.8) is 0 Å². The number of likely N-dealkylation sites (N-methyl/N-ethyl adjacent to an activating group) is 1. The lowest BCUT2D eigenvalue weighted by Crippen LogP contribution is -2.34. The maximum atomic E-state index is 8.63. The van der Waals surface area contributed by atoms with E-state index in [1.165, 1.54) is 0 Å². The molecular formula is C16H23NO2S. The minimum atomic E-state index is -0.112. The molecule has 1 aromatic carbocycles.